The summed E-state index contributed by atoms with van der Waals surface area (Å²) < 4.78 is 6.12. The third-order valence-electron chi connectivity index (χ3n) is 3.75. The van der Waals surface area contributed by atoms with Gasteiger partial charge < -0.3 is 15.2 Å². The van der Waals surface area contributed by atoms with Gasteiger partial charge in [-0.1, -0.05) is 0 Å². The van der Waals surface area contributed by atoms with Gasteiger partial charge in [-0.15, -0.1) is 0 Å². The van der Waals surface area contributed by atoms with Gasteiger partial charge in [-0.2, -0.15) is 0 Å². The largest absolute Gasteiger partial charge is 0.394 e. The van der Waals surface area contributed by atoms with Crippen molar-refractivity contribution < 1.29 is 9.84 Å². The van der Waals surface area contributed by atoms with Crippen LogP contribution in [0.15, 0.2) is 0 Å². The molecule has 0 aromatic carbocycles. The van der Waals surface area contributed by atoms with E-state index in [1.54, 1.807) is 0 Å². The molecule has 2 rings (SSSR count). The summed E-state index contributed by atoms with van der Waals surface area (Å²) in [5.74, 6) is 0. The van der Waals surface area contributed by atoms with Crippen LogP contribution in [0.3, 0.4) is 0 Å². The normalized spacial score (nSPS) is 35.4. The van der Waals surface area contributed by atoms with Crippen LogP contribution in [0.5, 0.6) is 0 Å². The van der Waals surface area contributed by atoms with Crippen LogP contribution in [0, 0.1) is 0 Å². The molecule has 0 aromatic rings. The minimum absolute atomic E-state index is 0.00829. The number of ether oxygens (including phenoxy) is 1. The first-order chi connectivity index (χ1) is 7.26. The molecule has 0 bridgehead atoms. The van der Waals surface area contributed by atoms with Crippen molar-refractivity contribution in [1.29, 1.82) is 0 Å². The lowest BCUT2D eigenvalue weighted by Crippen LogP contribution is -2.63. The predicted molar refractivity (Wildman–Crippen MR) is 64.5 cm³/mol. The van der Waals surface area contributed by atoms with Crippen LogP contribution in [0.2, 0.25) is 0 Å². The second-order valence-corrected chi connectivity index (χ2v) is 6.89. The molecule has 2 saturated heterocycles. The molecule has 94 valence electrons. The predicted octanol–water partition coefficient (Wildman–Crippen LogP) is 1.84. The van der Waals surface area contributed by atoms with Gasteiger partial charge in [0.1, 0.15) is 0 Å². The monoisotopic (exact) mass is 227 g/mol. The van der Waals surface area contributed by atoms with Crippen LogP contribution in [0.1, 0.15) is 53.4 Å². The van der Waals surface area contributed by atoms with Gasteiger partial charge in [-0.25, -0.2) is 0 Å². The van der Waals surface area contributed by atoms with Gasteiger partial charge in [0.15, 0.2) is 0 Å². The van der Waals surface area contributed by atoms with Gasteiger partial charge in [0, 0.05) is 11.1 Å². The van der Waals surface area contributed by atoms with E-state index in [1.165, 1.54) is 0 Å². The minimum Gasteiger partial charge on any atom is -0.394 e. The van der Waals surface area contributed by atoms with E-state index in [0.29, 0.717) is 0 Å². The van der Waals surface area contributed by atoms with Gasteiger partial charge in [0.2, 0.25) is 0 Å². The lowest BCUT2D eigenvalue weighted by Gasteiger charge is -2.51. The highest BCUT2D eigenvalue weighted by atomic mass is 16.5. The maximum Gasteiger partial charge on any atom is 0.0814 e. The molecule has 2 aliphatic rings. The summed E-state index contributed by atoms with van der Waals surface area (Å²) in [5, 5.41) is 12.9. The van der Waals surface area contributed by atoms with Crippen LogP contribution >= 0.6 is 0 Å². The molecule has 2 N–H and O–H groups in total. The Balaban J connectivity index is 2.16. The van der Waals surface area contributed by atoms with E-state index in [9.17, 15) is 5.11 Å². The fourth-order valence-corrected chi connectivity index (χ4v) is 3.96. The molecule has 1 spiro atoms. The molecule has 3 nitrogen and oxygen atoms in total. The van der Waals surface area contributed by atoms with Crippen molar-refractivity contribution in [2.75, 3.05) is 6.61 Å². The Hall–Kier alpha value is -0.120. The molecule has 2 fully saturated rings. The first-order valence-corrected chi connectivity index (χ1v) is 6.34. The molecular weight excluding hydrogens is 202 g/mol. The molecule has 3 heteroatoms. The lowest BCUT2D eigenvalue weighted by atomic mass is 9.72. The summed E-state index contributed by atoms with van der Waals surface area (Å²) in [6.07, 6.45) is 4.24. The Morgan fingerprint density at radius 3 is 2.19 bits per heavy atom. The summed E-state index contributed by atoms with van der Waals surface area (Å²) >= 11 is 0. The zero-order valence-corrected chi connectivity index (χ0v) is 11.0. The topological polar surface area (TPSA) is 41.5 Å². The highest BCUT2D eigenvalue weighted by molar-refractivity contribution is 5.07. The maximum absolute atomic E-state index is 9.20. The fourth-order valence-electron chi connectivity index (χ4n) is 3.96. The van der Waals surface area contributed by atoms with E-state index in [1.807, 2.05) is 0 Å². The van der Waals surface area contributed by atoms with Crippen molar-refractivity contribution in [2.24, 2.45) is 0 Å². The van der Waals surface area contributed by atoms with Crippen molar-refractivity contribution in [1.82, 2.24) is 5.32 Å². The number of nitrogens with one attached hydrogen (secondary N) is 1. The third kappa shape index (κ3) is 2.41. The highest BCUT2D eigenvalue weighted by Crippen LogP contribution is 2.45. The van der Waals surface area contributed by atoms with Crippen molar-refractivity contribution in [2.45, 2.75) is 76.2 Å². The van der Waals surface area contributed by atoms with Crippen molar-refractivity contribution in [3.63, 3.8) is 0 Å². The number of piperidine rings is 1. The van der Waals surface area contributed by atoms with Crippen LogP contribution < -0.4 is 5.32 Å². The molecular formula is C13H25NO2. The average Bonchev–Trinajstić information content (AvgIpc) is 2.41. The van der Waals surface area contributed by atoms with Crippen molar-refractivity contribution in [3.8, 4) is 0 Å². The molecule has 0 radical (unpaired) electrons. The Morgan fingerprint density at radius 1 is 1.19 bits per heavy atom. The van der Waals surface area contributed by atoms with Gasteiger partial charge in [0.25, 0.3) is 0 Å². The summed E-state index contributed by atoms with van der Waals surface area (Å²) in [5.41, 5.74) is 0.226. The van der Waals surface area contributed by atoms with Gasteiger partial charge in [-0.3, -0.25) is 0 Å². The second kappa shape index (κ2) is 3.69. The minimum atomic E-state index is -0.00829. The van der Waals surface area contributed by atoms with E-state index in [0.717, 1.165) is 25.7 Å². The molecule has 1 atom stereocenters. The second-order valence-electron chi connectivity index (χ2n) is 6.89. The molecule has 0 amide bonds. The zero-order chi connectivity index (χ0) is 12.0. The molecule has 0 aliphatic carbocycles. The van der Waals surface area contributed by atoms with E-state index in [2.05, 4.69) is 33.0 Å². The Bertz CT molecular complexity index is 257. The molecule has 2 aliphatic heterocycles. The maximum atomic E-state index is 9.20. The zero-order valence-electron chi connectivity index (χ0n) is 11.0. The fraction of sp³-hybridized carbons (Fsp3) is 1.00. The van der Waals surface area contributed by atoms with Gasteiger partial charge in [0.05, 0.1) is 18.3 Å². The Labute approximate surface area is 98.6 Å². The van der Waals surface area contributed by atoms with Gasteiger partial charge in [-0.05, 0) is 53.4 Å². The Kier molecular flexibility index (Phi) is 2.84. The quantitative estimate of drug-likeness (QED) is 0.718. The lowest BCUT2D eigenvalue weighted by molar-refractivity contribution is -0.111. The number of aliphatic hydroxyl groups excluding tert-OH is 1. The Morgan fingerprint density at radius 2 is 1.75 bits per heavy atom. The smallest absolute Gasteiger partial charge is 0.0814 e. The molecule has 0 aromatic heterocycles. The summed E-state index contributed by atoms with van der Waals surface area (Å²) in [4.78, 5) is 0. The van der Waals surface area contributed by atoms with E-state index < -0.39 is 0 Å². The molecule has 1 unspecified atom stereocenters. The van der Waals surface area contributed by atoms with Crippen LogP contribution in [-0.2, 0) is 4.74 Å². The summed E-state index contributed by atoms with van der Waals surface area (Å²) in [6.45, 7) is 9.13. The SMILES string of the molecule is CC1(C)CC2(CCC(CO)O2)CC(C)(C)N1. The standard InChI is InChI=1S/C13H25NO2/c1-11(2)8-13(9-12(3,4)14-11)6-5-10(7-15)16-13/h10,14-15H,5-9H2,1-4H3. The number of rotatable bonds is 1. The highest BCUT2D eigenvalue weighted by Gasteiger charge is 2.51. The van der Waals surface area contributed by atoms with E-state index in [-0.39, 0.29) is 29.4 Å². The summed E-state index contributed by atoms with van der Waals surface area (Å²) in [6, 6.07) is 0. The van der Waals surface area contributed by atoms with Crippen LogP contribution in [0.4, 0.5) is 0 Å². The van der Waals surface area contributed by atoms with Crippen LogP contribution in [-0.4, -0.2) is 34.5 Å². The molecule has 2 heterocycles. The first kappa shape index (κ1) is 12.3. The number of aliphatic hydroxyl groups is 1. The number of hydrogen-bond donors (Lipinski definition) is 2. The number of hydrogen-bond acceptors (Lipinski definition) is 3. The van der Waals surface area contributed by atoms with Gasteiger partial charge >= 0.3 is 0 Å². The van der Waals surface area contributed by atoms with Crippen molar-refractivity contribution in [3.05, 3.63) is 0 Å². The molecule has 0 saturated carbocycles. The summed E-state index contributed by atoms with van der Waals surface area (Å²) in [7, 11) is 0. The van der Waals surface area contributed by atoms with E-state index in [4.69, 9.17) is 4.74 Å². The van der Waals surface area contributed by atoms with E-state index >= 15 is 0 Å². The average molecular weight is 227 g/mol. The van der Waals surface area contributed by atoms with Crippen molar-refractivity contribution >= 4 is 0 Å². The third-order valence-corrected chi connectivity index (χ3v) is 3.75. The first-order valence-electron chi connectivity index (χ1n) is 6.34. The van der Waals surface area contributed by atoms with Crippen LogP contribution in [0.25, 0.3) is 0 Å². The molecule has 16 heavy (non-hydrogen) atoms.